The number of carbonyl (C=O) groups is 3. The largest absolute Gasteiger partial charge is 0.481 e. The van der Waals surface area contributed by atoms with Crippen LogP contribution in [0.25, 0.3) is 0 Å². The van der Waals surface area contributed by atoms with E-state index in [2.05, 4.69) is 20.6 Å². The predicted molar refractivity (Wildman–Crippen MR) is 140 cm³/mol. The average molecular weight is 530 g/mol. The second-order valence-corrected chi connectivity index (χ2v) is 10.7. The van der Waals surface area contributed by atoms with E-state index in [4.69, 9.17) is 11.6 Å². The Morgan fingerprint density at radius 3 is 2.46 bits per heavy atom. The summed E-state index contributed by atoms with van der Waals surface area (Å²) in [6.45, 7) is 1.14. The normalized spacial score (nSPS) is 18.7. The number of aromatic amines is 1. The van der Waals surface area contributed by atoms with Crippen LogP contribution in [0.1, 0.15) is 56.2 Å². The predicted octanol–water partition coefficient (Wildman–Crippen LogP) is 3.79. The number of nitrogens with zero attached hydrogens (tertiary/aromatic N) is 2. The number of hydrogen-bond acceptors (Lipinski definition) is 4. The first-order chi connectivity index (χ1) is 17.9. The molecule has 1 aliphatic heterocycles. The molecule has 1 atom stereocenters. The molecule has 0 radical (unpaired) electrons. The third-order valence-electron chi connectivity index (χ3n) is 7.97. The summed E-state index contributed by atoms with van der Waals surface area (Å²) in [6.07, 6.45) is 10.3. The van der Waals surface area contributed by atoms with Gasteiger partial charge in [0.2, 0.25) is 5.91 Å². The van der Waals surface area contributed by atoms with Crippen molar-refractivity contribution in [2.45, 2.75) is 63.8 Å². The molecule has 1 aromatic carbocycles. The fourth-order valence-corrected chi connectivity index (χ4v) is 5.92. The molecular weight excluding hydrogens is 494 g/mol. The summed E-state index contributed by atoms with van der Waals surface area (Å²) in [6, 6.07) is 6.00. The minimum Gasteiger partial charge on any atom is -0.481 e. The maximum absolute atomic E-state index is 13.6. The van der Waals surface area contributed by atoms with Gasteiger partial charge in [0, 0.05) is 49.4 Å². The van der Waals surface area contributed by atoms with Gasteiger partial charge in [-0.05, 0) is 49.3 Å². The van der Waals surface area contributed by atoms with E-state index in [9.17, 15) is 19.5 Å². The molecule has 200 valence electrons. The first-order valence-electron chi connectivity index (χ1n) is 13.2. The molecule has 4 N–H and O–H groups in total. The molecule has 0 bridgehead atoms. The van der Waals surface area contributed by atoms with Gasteiger partial charge in [-0.3, -0.25) is 9.59 Å². The monoisotopic (exact) mass is 529 g/mol. The van der Waals surface area contributed by atoms with Crippen molar-refractivity contribution in [3.05, 3.63) is 53.1 Å². The molecule has 1 aliphatic carbocycles. The number of amides is 3. The van der Waals surface area contributed by atoms with Crippen LogP contribution in [0.4, 0.5) is 4.79 Å². The Kier molecular flexibility index (Phi) is 9.08. The van der Waals surface area contributed by atoms with E-state index in [1.54, 1.807) is 29.6 Å². The second kappa shape index (κ2) is 12.4. The molecule has 1 saturated carbocycles. The second-order valence-electron chi connectivity index (χ2n) is 10.2. The number of carboxylic acids is 1. The van der Waals surface area contributed by atoms with Crippen LogP contribution in [-0.4, -0.2) is 63.6 Å². The zero-order chi connectivity index (χ0) is 26.3. The number of benzene rings is 1. The van der Waals surface area contributed by atoms with Gasteiger partial charge in [0.1, 0.15) is 6.04 Å². The maximum Gasteiger partial charge on any atom is 0.315 e. The van der Waals surface area contributed by atoms with E-state index in [1.165, 1.54) is 6.42 Å². The molecule has 1 aromatic heterocycles. The minimum atomic E-state index is -0.777. The quantitative estimate of drug-likeness (QED) is 0.393. The van der Waals surface area contributed by atoms with Gasteiger partial charge in [-0.1, -0.05) is 43.0 Å². The highest BCUT2D eigenvalue weighted by Gasteiger charge is 2.48. The van der Waals surface area contributed by atoms with Gasteiger partial charge < -0.3 is 25.6 Å². The van der Waals surface area contributed by atoms with Crippen molar-refractivity contribution in [1.29, 1.82) is 0 Å². The van der Waals surface area contributed by atoms with E-state index < -0.39 is 23.5 Å². The van der Waals surface area contributed by atoms with Crippen molar-refractivity contribution >= 4 is 29.5 Å². The van der Waals surface area contributed by atoms with Gasteiger partial charge in [0.05, 0.1) is 11.7 Å². The lowest BCUT2D eigenvalue weighted by molar-refractivity contribution is -0.160. The van der Waals surface area contributed by atoms with Gasteiger partial charge in [-0.15, -0.1) is 0 Å². The average Bonchev–Trinajstić information content (AvgIpc) is 3.43. The van der Waals surface area contributed by atoms with Crippen LogP contribution < -0.4 is 10.6 Å². The summed E-state index contributed by atoms with van der Waals surface area (Å²) in [7, 11) is 0. The first kappa shape index (κ1) is 27.0. The summed E-state index contributed by atoms with van der Waals surface area (Å²) >= 11 is 6.02. The number of piperidine rings is 1. The number of imidazole rings is 1. The number of carbonyl (C=O) groups excluding carboxylic acids is 2. The van der Waals surface area contributed by atoms with Crippen LogP contribution in [0.5, 0.6) is 0 Å². The number of carboxylic acid groups (broad SMARTS) is 1. The fraction of sp³-hybridized carbons (Fsp3) is 0.556. The van der Waals surface area contributed by atoms with Crippen LogP contribution in [0.3, 0.4) is 0 Å². The Labute approximate surface area is 222 Å². The van der Waals surface area contributed by atoms with E-state index >= 15 is 0 Å². The molecule has 2 aromatic rings. The SMILES string of the molecule is O=C(NCCc1cnc[nH]1)N[C@H](Cc1ccc(Cl)cc1)C(=O)N1CCC(C(=O)O)(C2CCCCC2)CC1. The van der Waals surface area contributed by atoms with Gasteiger partial charge in [-0.2, -0.15) is 0 Å². The molecule has 2 aliphatic rings. The smallest absolute Gasteiger partial charge is 0.315 e. The third-order valence-corrected chi connectivity index (χ3v) is 8.22. The molecule has 2 fully saturated rings. The topological polar surface area (TPSA) is 127 Å². The van der Waals surface area contributed by atoms with Crippen molar-refractivity contribution in [2.75, 3.05) is 19.6 Å². The number of aromatic nitrogens is 2. The molecule has 4 rings (SSSR count). The van der Waals surface area contributed by atoms with Crippen molar-refractivity contribution in [3.8, 4) is 0 Å². The van der Waals surface area contributed by atoms with E-state index in [0.717, 1.165) is 36.9 Å². The molecule has 2 heterocycles. The highest BCUT2D eigenvalue weighted by molar-refractivity contribution is 6.30. The standard InChI is InChI=1S/C27H36ClN5O4/c28-21-8-6-19(7-9-21)16-23(32-26(37)30-13-10-22-17-29-18-31-22)24(34)33-14-11-27(12-15-33,25(35)36)20-4-2-1-3-5-20/h6-9,17-18,20,23H,1-5,10-16H2,(H,29,31)(H,35,36)(H2,30,32,37)/t23-/m1/s1. The third kappa shape index (κ3) is 6.83. The zero-order valence-corrected chi connectivity index (χ0v) is 21.8. The van der Waals surface area contributed by atoms with E-state index in [-0.39, 0.29) is 11.8 Å². The van der Waals surface area contributed by atoms with Crippen LogP contribution in [0.2, 0.25) is 5.02 Å². The van der Waals surface area contributed by atoms with Crippen molar-refractivity contribution in [2.24, 2.45) is 11.3 Å². The Bertz CT molecular complexity index is 1050. The van der Waals surface area contributed by atoms with E-state index in [0.29, 0.717) is 50.3 Å². The van der Waals surface area contributed by atoms with Crippen LogP contribution in [0.15, 0.2) is 36.8 Å². The highest BCUT2D eigenvalue weighted by atomic mass is 35.5. The Hall–Kier alpha value is -3.07. The zero-order valence-electron chi connectivity index (χ0n) is 21.0. The van der Waals surface area contributed by atoms with Gasteiger partial charge in [0.15, 0.2) is 0 Å². The minimum absolute atomic E-state index is 0.166. The number of halogens is 1. The summed E-state index contributed by atoms with van der Waals surface area (Å²) in [4.78, 5) is 47.4. The number of likely N-dealkylation sites (tertiary alicyclic amines) is 1. The lowest BCUT2D eigenvalue weighted by atomic mass is 9.64. The molecular formula is C27H36ClN5O4. The summed E-state index contributed by atoms with van der Waals surface area (Å²) in [5.74, 6) is -0.764. The van der Waals surface area contributed by atoms with Gasteiger partial charge >= 0.3 is 12.0 Å². The van der Waals surface area contributed by atoms with Crippen LogP contribution in [-0.2, 0) is 22.4 Å². The molecule has 9 nitrogen and oxygen atoms in total. The number of H-pyrrole nitrogens is 1. The van der Waals surface area contributed by atoms with Gasteiger partial charge in [0.25, 0.3) is 0 Å². The summed E-state index contributed by atoms with van der Waals surface area (Å²) in [5, 5.41) is 16.4. The maximum atomic E-state index is 13.6. The Morgan fingerprint density at radius 2 is 1.84 bits per heavy atom. The number of rotatable bonds is 9. The van der Waals surface area contributed by atoms with Gasteiger partial charge in [-0.25, -0.2) is 9.78 Å². The molecule has 0 unspecified atom stereocenters. The lowest BCUT2D eigenvalue weighted by Crippen LogP contribution is -2.56. The molecule has 37 heavy (non-hydrogen) atoms. The van der Waals surface area contributed by atoms with E-state index in [1.807, 2.05) is 12.1 Å². The number of urea groups is 1. The Balaban J connectivity index is 1.40. The van der Waals surface area contributed by atoms with Crippen molar-refractivity contribution < 1.29 is 19.5 Å². The summed E-state index contributed by atoms with van der Waals surface area (Å²) < 4.78 is 0. The molecule has 10 heteroatoms. The Morgan fingerprint density at radius 1 is 1.14 bits per heavy atom. The van der Waals surface area contributed by atoms with Crippen LogP contribution >= 0.6 is 11.6 Å². The first-order valence-corrected chi connectivity index (χ1v) is 13.5. The van der Waals surface area contributed by atoms with Crippen LogP contribution in [0, 0.1) is 11.3 Å². The number of nitrogens with one attached hydrogen (secondary N) is 3. The van der Waals surface area contributed by atoms with Crippen molar-refractivity contribution in [3.63, 3.8) is 0 Å². The lowest BCUT2D eigenvalue weighted by Gasteiger charge is -2.45. The number of aliphatic carboxylic acids is 1. The fourth-order valence-electron chi connectivity index (χ4n) is 5.80. The number of hydrogen-bond donors (Lipinski definition) is 4. The molecule has 1 saturated heterocycles. The van der Waals surface area contributed by atoms with Crippen molar-refractivity contribution in [1.82, 2.24) is 25.5 Å². The summed E-state index contributed by atoms with van der Waals surface area (Å²) in [5.41, 5.74) is 1.02. The molecule has 0 spiro atoms. The highest BCUT2D eigenvalue weighted by Crippen LogP contribution is 2.46. The molecule has 3 amide bonds.